The lowest BCUT2D eigenvalue weighted by atomic mass is 9.92. The van der Waals surface area contributed by atoms with E-state index in [0.29, 0.717) is 0 Å². The molecular weight excluding hydrogens is 457 g/mol. The molecule has 1 aliphatic rings. The minimum absolute atomic E-state index is 0.749. The normalized spacial score (nSPS) is 13.3. The van der Waals surface area contributed by atoms with Crippen LogP contribution in [0.5, 0.6) is 23.0 Å². The molecule has 2 aromatic rings. The standard InChI is InChI=1S/C21H25INO4/c1-23-7-6-13-9-18(24-2)20(26-4)11-15(13)17(23)8-14-10-19(25-3)21(27-5)12-16(14)22/h9-12H,6-8H2,1-5H3/q+1. The predicted molar refractivity (Wildman–Crippen MR) is 114 cm³/mol. The average molecular weight is 482 g/mol. The number of nitrogens with zero attached hydrogens (tertiary/aromatic N) is 1. The van der Waals surface area contributed by atoms with Crippen molar-refractivity contribution < 1.29 is 23.5 Å². The predicted octanol–water partition coefficient (Wildman–Crippen LogP) is 3.56. The smallest absolute Gasteiger partial charge is 0.187 e. The van der Waals surface area contributed by atoms with Gasteiger partial charge >= 0.3 is 0 Å². The first-order chi connectivity index (χ1) is 13.0. The molecular formula is C21H25INO4+. The molecule has 144 valence electrons. The summed E-state index contributed by atoms with van der Waals surface area (Å²) in [6.07, 6.45) is 1.79. The SMILES string of the molecule is COc1cc(I)c(CC2=[N+](C)CCc3cc(OC)c(OC)cc32)cc1OC. The van der Waals surface area contributed by atoms with Crippen LogP contribution >= 0.6 is 22.6 Å². The summed E-state index contributed by atoms with van der Waals surface area (Å²) < 4.78 is 25.4. The number of methoxy groups -OCH3 is 4. The van der Waals surface area contributed by atoms with E-state index in [9.17, 15) is 0 Å². The van der Waals surface area contributed by atoms with Crippen molar-refractivity contribution in [3.8, 4) is 23.0 Å². The van der Waals surface area contributed by atoms with Gasteiger partial charge in [0.05, 0.1) is 34.9 Å². The van der Waals surface area contributed by atoms with E-state index in [4.69, 9.17) is 18.9 Å². The number of hydrogen-bond acceptors (Lipinski definition) is 4. The molecule has 6 heteroatoms. The molecule has 2 aromatic carbocycles. The molecule has 0 saturated carbocycles. The van der Waals surface area contributed by atoms with Gasteiger partial charge in [0, 0.05) is 15.6 Å². The molecule has 0 bridgehead atoms. The van der Waals surface area contributed by atoms with Crippen molar-refractivity contribution in [2.45, 2.75) is 12.8 Å². The molecule has 0 unspecified atom stereocenters. The Labute approximate surface area is 174 Å². The molecule has 0 amide bonds. The Morgan fingerprint density at radius 1 is 0.852 bits per heavy atom. The summed E-state index contributed by atoms with van der Waals surface area (Å²) in [6, 6.07) is 8.28. The first-order valence-corrected chi connectivity index (χ1v) is 9.82. The second-order valence-electron chi connectivity index (χ2n) is 6.46. The molecule has 0 aliphatic carbocycles. The van der Waals surface area contributed by atoms with Crippen LogP contribution in [-0.2, 0) is 12.8 Å². The van der Waals surface area contributed by atoms with Crippen LogP contribution in [0.25, 0.3) is 0 Å². The number of halogens is 1. The van der Waals surface area contributed by atoms with Gasteiger partial charge in [0.2, 0.25) is 0 Å². The van der Waals surface area contributed by atoms with Gasteiger partial charge in [-0.25, -0.2) is 4.58 Å². The summed E-state index contributed by atoms with van der Waals surface area (Å²) >= 11 is 2.36. The summed E-state index contributed by atoms with van der Waals surface area (Å²) in [5.41, 5.74) is 4.98. The molecule has 1 aliphatic heterocycles. The van der Waals surface area contributed by atoms with Gasteiger partial charge in [-0.2, -0.15) is 0 Å². The topological polar surface area (TPSA) is 39.9 Å². The van der Waals surface area contributed by atoms with Crippen LogP contribution in [0.15, 0.2) is 24.3 Å². The molecule has 3 rings (SSSR count). The zero-order valence-electron chi connectivity index (χ0n) is 16.4. The van der Waals surface area contributed by atoms with Gasteiger partial charge in [0.25, 0.3) is 0 Å². The first kappa shape index (κ1) is 19.8. The molecule has 0 N–H and O–H groups in total. The maximum absolute atomic E-state index is 5.53. The van der Waals surface area contributed by atoms with Crippen LogP contribution < -0.4 is 18.9 Å². The number of benzene rings is 2. The third kappa shape index (κ3) is 3.85. The highest BCUT2D eigenvalue weighted by molar-refractivity contribution is 14.1. The third-order valence-electron chi connectivity index (χ3n) is 5.01. The Hall–Kier alpha value is -1.96. The lowest BCUT2D eigenvalue weighted by Gasteiger charge is -2.20. The zero-order chi connectivity index (χ0) is 19.6. The summed E-state index contributed by atoms with van der Waals surface area (Å²) in [5, 5.41) is 0. The molecule has 27 heavy (non-hydrogen) atoms. The van der Waals surface area contributed by atoms with E-state index < -0.39 is 0 Å². The van der Waals surface area contributed by atoms with Gasteiger partial charge in [0.15, 0.2) is 28.7 Å². The molecule has 1 heterocycles. The Morgan fingerprint density at radius 3 is 2.04 bits per heavy atom. The average Bonchev–Trinajstić information content (AvgIpc) is 2.69. The second-order valence-corrected chi connectivity index (χ2v) is 7.62. The van der Waals surface area contributed by atoms with Gasteiger partial charge in [-0.1, -0.05) is 0 Å². The molecule has 0 fully saturated rings. The number of fused-ring (bicyclic) bond motifs is 1. The van der Waals surface area contributed by atoms with Crippen LogP contribution in [0.1, 0.15) is 16.7 Å². The third-order valence-corrected chi connectivity index (χ3v) is 6.01. The monoisotopic (exact) mass is 482 g/mol. The van der Waals surface area contributed by atoms with E-state index in [1.165, 1.54) is 22.4 Å². The fraction of sp³-hybridized carbons (Fsp3) is 0.381. The maximum atomic E-state index is 5.53. The van der Waals surface area contributed by atoms with E-state index in [-0.39, 0.29) is 0 Å². The Morgan fingerprint density at radius 2 is 1.41 bits per heavy atom. The molecule has 0 radical (unpaired) electrons. The lowest BCUT2D eigenvalue weighted by molar-refractivity contribution is -0.498. The Kier molecular flexibility index (Phi) is 6.14. The van der Waals surface area contributed by atoms with Crippen LogP contribution in [0.3, 0.4) is 0 Å². The Balaban J connectivity index is 2.06. The number of likely N-dealkylation sites (N-methyl/N-ethyl adjacent to an activating group) is 1. The second kappa shape index (κ2) is 8.37. The fourth-order valence-electron chi connectivity index (χ4n) is 3.47. The van der Waals surface area contributed by atoms with Crippen molar-refractivity contribution in [1.29, 1.82) is 0 Å². The van der Waals surface area contributed by atoms with E-state index >= 15 is 0 Å². The van der Waals surface area contributed by atoms with Crippen molar-refractivity contribution >= 4 is 28.3 Å². The quantitative estimate of drug-likeness (QED) is 0.467. The highest BCUT2D eigenvalue weighted by Crippen LogP contribution is 2.35. The summed E-state index contributed by atoms with van der Waals surface area (Å²) in [6.45, 7) is 0.974. The van der Waals surface area contributed by atoms with E-state index in [2.05, 4.69) is 52.4 Å². The minimum Gasteiger partial charge on any atom is -0.493 e. The summed E-state index contributed by atoms with van der Waals surface area (Å²) in [4.78, 5) is 0. The zero-order valence-corrected chi connectivity index (χ0v) is 18.5. The van der Waals surface area contributed by atoms with E-state index in [1.807, 2.05) is 6.07 Å². The van der Waals surface area contributed by atoms with Crippen molar-refractivity contribution in [1.82, 2.24) is 0 Å². The molecule has 0 atom stereocenters. The number of rotatable bonds is 6. The largest absolute Gasteiger partial charge is 0.493 e. The van der Waals surface area contributed by atoms with Gasteiger partial charge in [-0.3, -0.25) is 0 Å². The van der Waals surface area contributed by atoms with E-state index in [0.717, 1.165) is 46.0 Å². The van der Waals surface area contributed by atoms with Gasteiger partial charge in [-0.15, -0.1) is 0 Å². The lowest BCUT2D eigenvalue weighted by Crippen LogP contribution is -2.29. The fourth-order valence-corrected chi connectivity index (χ4v) is 4.10. The molecule has 5 nitrogen and oxygen atoms in total. The molecule has 0 aromatic heterocycles. The van der Waals surface area contributed by atoms with Gasteiger partial charge in [0.1, 0.15) is 13.6 Å². The van der Waals surface area contributed by atoms with Crippen LogP contribution in [0.4, 0.5) is 0 Å². The first-order valence-electron chi connectivity index (χ1n) is 8.75. The highest BCUT2D eigenvalue weighted by Gasteiger charge is 2.27. The van der Waals surface area contributed by atoms with E-state index in [1.54, 1.807) is 28.4 Å². The van der Waals surface area contributed by atoms with Gasteiger partial charge < -0.3 is 18.9 Å². The van der Waals surface area contributed by atoms with Crippen molar-refractivity contribution in [3.05, 3.63) is 44.5 Å². The van der Waals surface area contributed by atoms with Gasteiger partial charge in [-0.05, 0) is 58.0 Å². The minimum atomic E-state index is 0.749. The summed E-state index contributed by atoms with van der Waals surface area (Å²) in [5.74, 6) is 3.03. The highest BCUT2D eigenvalue weighted by atomic mass is 127. The van der Waals surface area contributed by atoms with Crippen LogP contribution in [-0.4, -0.2) is 52.3 Å². The van der Waals surface area contributed by atoms with Crippen LogP contribution in [0, 0.1) is 3.57 Å². The molecule has 0 saturated heterocycles. The summed E-state index contributed by atoms with van der Waals surface area (Å²) in [7, 11) is 8.82. The number of hydrogen-bond donors (Lipinski definition) is 0. The molecule has 0 spiro atoms. The van der Waals surface area contributed by atoms with Crippen molar-refractivity contribution in [3.63, 3.8) is 0 Å². The van der Waals surface area contributed by atoms with Crippen molar-refractivity contribution in [2.75, 3.05) is 42.0 Å². The Bertz CT molecular complexity index is 892. The van der Waals surface area contributed by atoms with Crippen LogP contribution in [0.2, 0.25) is 0 Å². The number of ether oxygens (including phenoxy) is 4. The maximum Gasteiger partial charge on any atom is 0.187 e. The van der Waals surface area contributed by atoms with Crippen molar-refractivity contribution in [2.24, 2.45) is 0 Å².